The molecule has 1 heterocycles. The zero-order valence-corrected chi connectivity index (χ0v) is 8.60. The van der Waals surface area contributed by atoms with E-state index >= 15 is 0 Å². The second kappa shape index (κ2) is 3.86. The van der Waals surface area contributed by atoms with E-state index in [-0.39, 0.29) is 22.2 Å². The first kappa shape index (κ1) is 10.5. The molecule has 0 spiro atoms. The van der Waals surface area contributed by atoms with Gasteiger partial charge in [-0.2, -0.15) is 0 Å². The lowest BCUT2D eigenvalue weighted by Gasteiger charge is -1.99. The number of carboxylic acid groups (broad SMARTS) is 1. The molecule has 2 N–H and O–H groups in total. The summed E-state index contributed by atoms with van der Waals surface area (Å²) in [6.45, 7) is 0. The van der Waals surface area contributed by atoms with Gasteiger partial charge in [-0.15, -0.1) is 0 Å². The molecule has 0 bridgehead atoms. The van der Waals surface area contributed by atoms with Gasteiger partial charge in [-0.25, -0.2) is 4.79 Å². The van der Waals surface area contributed by atoms with Crippen molar-refractivity contribution in [2.75, 3.05) is 0 Å². The number of aromatic nitrogens is 1. The van der Waals surface area contributed by atoms with Crippen LogP contribution < -0.4 is 0 Å². The molecule has 2 aromatic rings. The number of rotatable bonds is 2. The maximum Gasteiger partial charge on any atom is 0.358 e. The van der Waals surface area contributed by atoms with Crippen LogP contribution in [0.25, 0.3) is 11.3 Å². The van der Waals surface area contributed by atoms with Crippen LogP contribution in [0.2, 0.25) is 5.02 Å². The van der Waals surface area contributed by atoms with E-state index in [2.05, 4.69) is 5.16 Å². The maximum atomic E-state index is 10.6. The van der Waals surface area contributed by atoms with Gasteiger partial charge in [0, 0.05) is 11.6 Å². The topological polar surface area (TPSA) is 83.6 Å². The standard InChI is InChI=1S/C10H6ClNO4/c11-7-3-5(13)1-2-6(7)9-4-8(10(14)15)12-16-9/h1-4,13H,(H,14,15). The van der Waals surface area contributed by atoms with Crippen LogP contribution in [0.3, 0.4) is 0 Å². The van der Waals surface area contributed by atoms with Crippen molar-refractivity contribution in [3.8, 4) is 17.1 Å². The van der Waals surface area contributed by atoms with Gasteiger partial charge in [-0.05, 0) is 18.2 Å². The van der Waals surface area contributed by atoms with Gasteiger partial charge in [0.1, 0.15) is 5.75 Å². The summed E-state index contributed by atoms with van der Waals surface area (Å²) in [6, 6.07) is 5.54. The summed E-state index contributed by atoms with van der Waals surface area (Å²) in [5.74, 6) is -0.918. The molecule has 6 heteroatoms. The smallest absolute Gasteiger partial charge is 0.358 e. The highest BCUT2D eigenvalue weighted by Gasteiger charge is 2.14. The Morgan fingerprint density at radius 2 is 2.12 bits per heavy atom. The predicted molar refractivity (Wildman–Crippen MR) is 55.6 cm³/mol. The van der Waals surface area contributed by atoms with Crippen molar-refractivity contribution in [2.45, 2.75) is 0 Å². The fourth-order valence-electron chi connectivity index (χ4n) is 1.21. The summed E-state index contributed by atoms with van der Waals surface area (Å²) in [4.78, 5) is 10.6. The number of aromatic carboxylic acids is 1. The molecule has 0 amide bonds. The average Bonchev–Trinajstić information content (AvgIpc) is 2.66. The Labute approximate surface area is 94.9 Å². The number of carboxylic acids is 1. The van der Waals surface area contributed by atoms with Crippen LogP contribution in [0.5, 0.6) is 5.75 Å². The molecule has 0 aliphatic carbocycles. The number of aromatic hydroxyl groups is 1. The first-order valence-electron chi connectivity index (χ1n) is 4.27. The molecule has 1 aromatic heterocycles. The van der Waals surface area contributed by atoms with Crippen molar-refractivity contribution in [2.24, 2.45) is 0 Å². The molecule has 2 rings (SSSR count). The molecule has 0 radical (unpaired) electrons. The van der Waals surface area contributed by atoms with Gasteiger partial charge < -0.3 is 14.7 Å². The van der Waals surface area contributed by atoms with Gasteiger partial charge in [-0.3, -0.25) is 0 Å². The largest absolute Gasteiger partial charge is 0.508 e. The van der Waals surface area contributed by atoms with Crippen LogP contribution in [-0.4, -0.2) is 21.3 Å². The third-order valence-electron chi connectivity index (χ3n) is 1.95. The molecule has 82 valence electrons. The Hall–Kier alpha value is -2.01. The lowest BCUT2D eigenvalue weighted by Crippen LogP contribution is -1.94. The molecule has 0 aliphatic heterocycles. The number of phenols is 1. The van der Waals surface area contributed by atoms with Crippen LogP contribution in [0.15, 0.2) is 28.8 Å². The highest BCUT2D eigenvalue weighted by atomic mass is 35.5. The fraction of sp³-hybridized carbons (Fsp3) is 0. The number of carbonyl (C=O) groups is 1. The molecule has 16 heavy (non-hydrogen) atoms. The molecular formula is C10H6ClNO4. The van der Waals surface area contributed by atoms with E-state index in [0.717, 1.165) is 0 Å². The lowest BCUT2D eigenvalue weighted by molar-refractivity contribution is 0.0686. The first-order valence-corrected chi connectivity index (χ1v) is 4.64. The van der Waals surface area contributed by atoms with E-state index in [1.807, 2.05) is 0 Å². The van der Waals surface area contributed by atoms with Crippen molar-refractivity contribution in [3.05, 3.63) is 35.0 Å². The van der Waals surface area contributed by atoms with Gasteiger partial charge in [0.25, 0.3) is 0 Å². The molecule has 0 saturated carbocycles. The first-order chi connectivity index (χ1) is 7.58. The Balaban J connectivity index is 2.46. The SMILES string of the molecule is O=C(O)c1cc(-c2ccc(O)cc2Cl)on1. The van der Waals surface area contributed by atoms with Crippen molar-refractivity contribution < 1.29 is 19.5 Å². The highest BCUT2D eigenvalue weighted by Crippen LogP contribution is 2.31. The van der Waals surface area contributed by atoms with Gasteiger partial charge >= 0.3 is 5.97 Å². The zero-order chi connectivity index (χ0) is 11.7. The Morgan fingerprint density at radius 1 is 1.38 bits per heavy atom. The van der Waals surface area contributed by atoms with Gasteiger partial charge in [0.15, 0.2) is 11.5 Å². The summed E-state index contributed by atoms with van der Waals surface area (Å²) in [7, 11) is 0. The fourth-order valence-corrected chi connectivity index (χ4v) is 1.47. The van der Waals surface area contributed by atoms with Crippen molar-refractivity contribution >= 4 is 17.6 Å². The van der Waals surface area contributed by atoms with Gasteiger partial charge in [0.05, 0.1) is 5.02 Å². The number of hydrogen-bond acceptors (Lipinski definition) is 4. The minimum absolute atomic E-state index is 0.0201. The molecular weight excluding hydrogens is 234 g/mol. The Kier molecular flexibility index (Phi) is 2.54. The van der Waals surface area contributed by atoms with Gasteiger partial charge in [-0.1, -0.05) is 16.8 Å². The number of nitrogens with zero attached hydrogens (tertiary/aromatic N) is 1. The monoisotopic (exact) mass is 239 g/mol. The zero-order valence-electron chi connectivity index (χ0n) is 7.85. The Bertz CT molecular complexity index is 550. The summed E-state index contributed by atoms with van der Waals surface area (Å²) in [5, 5.41) is 21.4. The number of benzene rings is 1. The third-order valence-corrected chi connectivity index (χ3v) is 2.26. The van der Waals surface area contributed by atoms with E-state index in [9.17, 15) is 4.79 Å². The summed E-state index contributed by atoms with van der Waals surface area (Å²) >= 11 is 5.86. The molecule has 0 aliphatic rings. The number of hydrogen-bond donors (Lipinski definition) is 2. The van der Waals surface area contributed by atoms with E-state index < -0.39 is 5.97 Å². The lowest BCUT2D eigenvalue weighted by atomic mass is 10.1. The van der Waals surface area contributed by atoms with Gasteiger partial charge in [0.2, 0.25) is 0 Å². The molecule has 0 saturated heterocycles. The third kappa shape index (κ3) is 1.85. The van der Waals surface area contributed by atoms with E-state index in [4.69, 9.17) is 26.3 Å². The normalized spacial score (nSPS) is 10.3. The summed E-state index contributed by atoms with van der Waals surface area (Å²) in [6.07, 6.45) is 0. The molecule has 1 aromatic carbocycles. The maximum absolute atomic E-state index is 10.6. The number of phenolic OH excluding ortho intramolecular Hbond substituents is 1. The number of halogens is 1. The average molecular weight is 240 g/mol. The minimum atomic E-state index is -1.18. The molecule has 0 unspecified atom stereocenters. The summed E-state index contributed by atoms with van der Waals surface area (Å²) in [5.41, 5.74) is 0.276. The van der Waals surface area contributed by atoms with E-state index in [1.54, 1.807) is 0 Å². The Morgan fingerprint density at radius 3 is 2.69 bits per heavy atom. The molecule has 0 atom stereocenters. The highest BCUT2D eigenvalue weighted by molar-refractivity contribution is 6.33. The van der Waals surface area contributed by atoms with Crippen LogP contribution in [0.1, 0.15) is 10.5 Å². The second-order valence-electron chi connectivity index (χ2n) is 3.05. The molecule has 5 nitrogen and oxygen atoms in total. The van der Waals surface area contributed by atoms with Crippen LogP contribution in [-0.2, 0) is 0 Å². The molecule has 0 fully saturated rings. The van der Waals surface area contributed by atoms with Crippen molar-refractivity contribution in [3.63, 3.8) is 0 Å². The second-order valence-corrected chi connectivity index (χ2v) is 3.45. The van der Waals surface area contributed by atoms with Crippen LogP contribution >= 0.6 is 11.6 Å². The quantitative estimate of drug-likeness (QED) is 0.841. The van der Waals surface area contributed by atoms with E-state index in [0.29, 0.717) is 5.56 Å². The summed E-state index contributed by atoms with van der Waals surface area (Å²) < 4.78 is 4.84. The van der Waals surface area contributed by atoms with E-state index in [1.165, 1.54) is 24.3 Å². The van der Waals surface area contributed by atoms with Crippen LogP contribution in [0, 0.1) is 0 Å². The predicted octanol–water partition coefficient (Wildman–Crippen LogP) is 2.40. The van der Waals surface area contributed by atoms with Crippen LogP contribution in [0.4, 0.5) is 0 Å². The van der Waals surface area contributed by atoms with Crippen molar-refractivity contribution in [1.82, 2.24) is 5.16 Å². The van der Waals surface area contributed by atoms with Crippen molar-refractivity contribution in [1.29, 1.82) is 0 Å². The minimum Gasteiger partial charge on any atom is -0.508 e.